The van der Waals surface area contributed by atoms with Crippen LogP contribution in [0.15, 0.2) is 29.2 Å². The van der Waals surface area contributed by atoms with Crippen LogP contribution in [0.4, 0.5) is 0 Å². The van der Waals surface area contributed by atoms with Crippen LogP contribution in [0.25, 0.3) is 0 Å². The third kappa shape index (κ3) is 5.92. The van der Waals surface area contributed by atoms with Crippen molar-refractivity contribution in [2.45, 2.75) is 44.6 Å². The SMILES string of the molecule is CC1CC(C)CN(C(C)(C)CNC(=O)CN(C)S(=O)(=O)c2ccc(Cl)cc2)C1. The van der Waals surface area contributed by atoms with Gasteiger partial charge in [-0.1, -0.05) is 25.4 Å². The Hall–Kier alpha value is -1.15. The molecule has 1 N–H and O–H groups in total. The van der Waals surface area contributed by atoms with E-state index >= 15 is 0 Å². The number of hydrogen-bond acceptors (Lipinski definition) is 4. The Morgan fingerprint density at radius 3 is 2.29 bits per heavy atom. The fraction of sp³-hybridized carbons (Fsp3) is 0.650. The zero-order chi connectivity index (χ0) is 21.1. The van der Waals surface area contributed by atoms with Gasteiger partial charge in [-0.2, -0.15) is 4.31 Å². The molecule has 1 saturated heterocycles. The molecule has 1 aromatic rings. The number of halogens is 1. The van der Waals surface area contributed by atoms with Gasteiger partial charge in [0.15, 0.2) is 0 Å². The topological polar surface area (TPSA) is 69.7 Å². The van der Waals surface area contributed by atoms with Gasteiger partial charge >= 0.3 is 0 Å². The van der Waals surface area contributed by atoms with Crippen molar-refractivity contribution in [3.8, 4) is 0 Å². The fourth-order valence-corrected chi connectivity index (χ4v) is 4.97. The lowest BCUT2D eigenvalue weighted by Crippen LogP contribution is -2.56. The number of likely N-dealkylation sites (N-methyl/N-ethyl adjacent to an activating group) is 1. The molecule has 0 saturated carbocycles. The number of carbonyl (C=O) groups is 1. The maximum absolute atomic E-state index is 12.6. The summed E-state index contributed by atoms with van der Waals surface area (Å²) in [7, 11) is -2.33. The molecular formula is C20H32ClN3O3S. The molecule has 2 atom stereocenters. The first-order valence-electron chi connectivity index (χ1n) is 9.65. The number of carbonyl (C=O) groups excluding carboxylic acids is 1. The Kier molecular flexibility index (Phi) is 7.53. The molecule has 0 bridgehead atoms. The van der Waals surface area contributed by atoms with E-state index in [9.17, 15) is 13.2 Å². The Bertz CT molecular complexity index is 770. The van der Waals surface area contributed by atoms with E-state index < -0.39 is 10.0 Å². The highest BCUT2D eigenvalue weighted by Gasteiger charge is 2.33. The number of nitrogens with zero attached hydrogens (tertiary/aromatic N) is 2. The number of likely N-dealkylation sites (tertiary alicyclic amines) is 1. The summed E-state index contributed by atoms with van der Waals surface area (Å²) >= 11 is 5.82. The van der Waals surface area contributed by atoms with Gasteiger partial charge in [0.05, 0.1) is 11.4 Å². The van der Waals surface area contributed by atoms with Crippen LogP contribution in [0.3, 0.4) is 0 Å². The lowest BCUT2D eigenvalue weighted by Gasteiger charge is -2.45. The number of benzene rings is 1. The Balaban J connectivity index is 1.93. The summed E-state index contributed by atoms with van der Waals surface area (Å²) < 4.78 is 26.2. The van der Waals surface area contributed by atoms with Gasteiger partial charge in [0.25, 0.3) is 0 Å². The zero-order valence-corrected chi connectivity index (χ0v) is 19.0. The largest absolute Gasteiger partial charge is 0.353 e. The van der Waals surface area contributed by atoms with E-state index in [0.29, 0.717) is 23.4 Å². The van der Waals surface area contributed by atoms with E-state index in [1.54, 1.807) is 0 Å². The summed E-state index contributed by atoms with van der Waals surface area (Å²) in [6.45, 7) is 11.0. The van der Waals surface area contributed by atoms with Crippen molar-refractivity contribution in [2.75, 3.05) is 33.2 Å². The van der Waals surface area contributed by atoms with E-state index in [2.05, 4.69) is 37.9 Å². The number of hydrogen-bond donors (Lipinski definition) is 1. The molecule has 1 aliphatic heterocycles. The molecule has 0 radical (unpaired) electrons. The van der Waals surface area contributed by atoms with Crippen molar-refractivity contribution in [1.29, 1.82) is 0 Å². The number of sulfonamides is 1. The predicted molar refractivity (Wildman–Crippen MR) is 113 cm³/mol. The van der Waals surface area contributed by atoms with Crippen molar-refractivity contribution >= 4 is 27.5 Å². The number of amides is 1. The molecule has 1 amide bonds. The van der Waals surface area contributed by atoms with Crippen molar-refractivity contribution in [1.82, 2.24) is 14.5 Å². The molecule has 8 heteroatoms. The van der Waals surface area contributed by atoms with E-state index in [4.69, 9.17) is 11.6 Å². The van der Waals surface area contributed by atoms with Crippen LogP contribution in [0.5, 0.6) is 0 Å². The maximum Gasteiger partial charge on any atom is 0.243 e. The van der Waals surface area contributed by atoms with Gasteiger partial charge in [-0.25, -0.2) is 8.42 Å². The molecule has 2 unspecified atom stereocenters. The van der Waals surface area contributed by atoms with Crippen LogP contribution in [-0.2, 0) is 14.8 Å². The third-order valence-electron chi connectivity index (χ3n) is 5.33. The van der Waals surface area contributed by atoms with Gasteiger partial charge in [-0.15, -0.1) is 0 Å². The molecule has 2 rings (SSSR count). The lowest BCUT2D eigenvalue weighted by molar-refractivity contribution is -0.121. The summed E-state index contributed by atoms with van der Waals surface area (Å²) in [4.78, 5) is 14.9. The van der Waals surface area contributed by atoms with Crippen LogP contribution in [0, 0.1) is 11.8 Å². The number of rotatable bonds is 7. The van der Waals surface area contributed by atoms with Crippen LogP contribution >= 0.6 is 11.6 Å². The lowest BCUT2D eigenvalue weighted by atomic mass is 9.88. The maximum atomic E-state index is 12.6. The first kappa shape index (κ1) is 23.1. The molecule has 28 heavy (non-hydrogen) atoms. The van der Waals surface area contributed by atoms with Crippen molar-refractivity contribution in [3.05, 3.63) is 29.3 Å². The van der Waals surface area contributed by atoms with Crippen molar-refractivity contribution in [2.24, 2.45) is 11.8 Å². The Morgan fingerprint density at radius 2 is 1.75 bits per heavy atom. The van der Waals surface area contributed by atoms with Gasteiger partial charge in [-0.05, 0) is 56.4 Å². The Morgan fingerprint density at radius 1 is 1.21 bits per heavy atom. The Labute approximate surface area is 174 Å². The first-order valence-corrected chi connectivity index (χ1v) is 11.5. The normalized spacial score (nSPS) is 21.7. The van der Waals surface area contributed by atoms with Crippen molar-refractivity contribution < 1.29 is 13.2 Å². The molecule has 0 spiro atoms. The standard InChI is InChI=1S/C20H32ClN3O3S/c1-15-10-16(2)12-24(11-15)20(3,4)14-22-19(25)13-23(5)28(26,27)18-8-6-17(21)7-9-18/h6-9,15-16H,10-14H2,1-5H3,(H,22,25). The highest BCUT2D eigenvalue weighted by Crippen LogP contribution is 2.26. The molecule has 1 aliphatic rings. The molecule has 0 aliphatic carbocycles. The van der Waals surface area contributed by atoms with Gasteiger partial charge < -0.3 is 5.32 Å². The van der Waals surface area contributed by atoms with Gasteiger partial charge in [0.1, 0.15) is 0 Å². The summed E-state index contributed by atoms with van der Waals surface area (Å²) in [5, 5.41) is 3.37. The minimum absolute atomic E-state index is 0.115. The highest BCUT2D eigenvalue weighted by atomic mass is 35.5. The predicted octanol–water partition coefficient (Wildman–Crippen LogP) is 2.83. The molecule has 1 aromatic carbocycles. The number of piperidine rings is 1. The molecule has 158 valence electrons. The first-order chi connectivity index (χ1) is 12.9. The molecule has 0 aromatic heterocycles. The van der Waals surface area contributed by atoms with E-state index in [0.717, 1.165) is 17.4 Å². The molecule has 1 heterocycles. The van der Waals surface area contributed by atoms with Crippen LogP contribution < -0.4 is 5.32 Å². The summed E-state index contributed by atoms with van der Waals surface area (Å²) in [6, 6.07) is 5.92. The van der Waals surface area contributed by atoms with Gasteiger partial charge in [-0.3, -0.25) is 9.69 Å². The van der Waals surface area contributed by atoms with Crippen LogP contribution in [0.1, 0.15) is 34.1 Å². The highest BCUT2D eigenvalue weighted by molar-refractivity contribution is 7.89. The van der Waals surface area contributed by atoms with E-state index in [-0.39, 0.29) is 22.9 Å². The van der Waals surface area contributed by atoms with E-state index in [1.165, 1.54) is 37.7 Å². The summed E-state index contributed by atoms with van der Waals surface area (Å²) in [6.07, 6.45) is 1.23. The van der Waals surface area contributed by atoms with Crippen molar-refractivity contribution in [3.63, 3.8) is 0 Å². The quantitative estimate of drug-likeness (QED) is 0.723. The van der Waals surface area contributed by atoms with Gasteiger partial charge in [0, 0.05) is 37.2 Å². The second-order valence-corrected chi connectivity index (χ2v) is 11.1. The average molecular weight is 430 g/mol. The second-order valence-electron chi connectivity index (χ2n) is 8.66. The smallest absolute Gasteiger partial charge is 0.243 e. The monoisotopic (exact) mass is 429 g/mol. The summed E-state index contributed by atoms with van der Waals surface area (Å²) in [5.41, 5.74) is -0.188. The fourth-order valence-electron chi connectivity index (χ4n) is 3.71. The van der Waals surface area contributed by atoms with Crippen LogP contribution in [-0.4, -0.2) is 62.3 Å². The summed E-state index contributed by atoms with van der Waals surface area (Å²) in [5.74, 6) is 0.954. The average Bonchev–Trinajstić information content (AvgIpc) is 2.59. The minimum Gasteiger partial charge on any atom is -0.353 e. The zero-order valence-electron chi connectivity index (χ0n) is 17.4. The third-order valence-corrected chi connectivity index (χ3v) is 7.40. The van der Waals surface area contributed by atoms with Gasteiger partial charge in [0.2, 0.25) is 15.9 Å². The molecular weight excluding hydrogens is 398 g/mol. The molecule has 6 nitrogen and oxygen atoms in total. The minimum atomic E-state index is -3.74. The second kappa shape index (κ2) is 9.11. The van der Waals surface area contributed by atoms with E-state index in [1.807, 2.05) is 0 Å². The van der Waals surface area contributed by atoms with Crippen LogP contribution in [0.2, 0.25) is 5.02 Å². The molecule has 1 fully saturated rings. The number of nitrogens with one attached hydrogen (secondary N) is 1.